The summed E-state index contributed by atoms with van der Waals surface area (Å²) in [5, 5.41) is 10.6. The topological polar surface area (TPSA) is 253 Å². The first-order chi connectivity index (χ1) is 14.5. The van der Waals surface area contributed by atoms with Crippen molar-refractivity contribution in [3.63, 3.8) is 0 Å². The molecule has 2 unspecified atom stereocenters. The number of aryl methyl sites for hydroxylation is 1. The van der Waals surface area contributed by atoms with E-state index in [4.69, 9.17) is 23.8 Å². The number of aromatic nitrogens is 2. The molecule has 0 amide bonds. The van der Waals surface area contributed by atoms with E-state index in [0.29, 0.717) is 0 Å². The SMILES string of the molecule is Cc1cn([C@@H]2O[C@@]3([C@H](C)OP(=O)(O)OP(=O)(O)OP(=O)(O)O)CO[C@@H]2[C@@H]3O)c(=O)[nH]c1=O. The number of nitrogens with zero attached hydrogens (tertiary/aromatic N) is 1. The molecule has 2 fully saturated rings. The van der Waals surface area contributed by atoms with Crippen molar-refractivity contribution in [3.8, 4) is 0 Å². The molecule has 182 valence electrons. The number of aliphatic hydroxyl groups is 1. The van der Waals surface area contributed by atoms with Crippen molar-refractivity contribution in [2.75, 3.05) is 6.61 Å². The van der Waals surface area contributed by atoms with Crippen LogP contribution in [-0.4, -0.2) is 64.8 Å². The van der Waals surface area contributed by atoms with Crippen molar-refractivity contribution in [1.82, 2.24) is 9.55 Å². The predicted molar refractivity (Wildman–Crippen MR) is 99.1 cm³/mol. The van der Waals surface area contributed by atoms with Gasteiger partial charge in [0.15, 0.2) is 6.23 Å². The van der Waals surface area contributed by atoms with Crippen LogP contribution in [0.4, 0.5) is 0 Å². The summed E-state index contributed by atoms with van der Waals surface area (Å²) in [6.07, 6.45) is -4.42. The lowest BCUT2D eigenvalue weighted by atomic mass is 9.94. The molecule has 0 radical (unpaired) electrons. The average Bonchev–Trinajstić information content (AvgIpc) is 3.05. The lowest BCUT2D eigenvalue weighted by Gasteiger charge is -2.35. The minimum absolute atomic E-state index is 0.140. The molecule has 0 aromatic carbocycles. The van der Waals surface area contributed by atoms with Crippen LogP contribution < -0.4 is 11.2 Å². The van der Waals surface area contributed by atoms with Crippen molar-refractivity contribution >= 4 is 23.5 Å². The molecule has 1 aromatic heterocycles. The Hall–Kier alpha value is -1.03. The number of ether oxygens (including phenoxy) is 2. The first-order valence-electron chi connectivity index (χ1n) is 8.58. The summed E-state index contributed by atoms with van der Waals surface area (Å²) in [5.41, 5.74) is -3.26. The van der Waals surface area contributed by atoms with Crippen LogP contribution in [0.2, 0.25) is 0 Å². The first-order valence-corrected chi connectivity index (χ1v) is 13.1. The molecule has 2 bridgehead atoms. The molecule has 0 saturated carbocycles. The van der Waals surface area contributed by atoms with Crippen LogP contribution in [0.25, 0.3) is 0 Å². The number of hydrogen-bond acceptors (Lipinski definition) is 11. The highest BCUT2D eigenvalue weighted by Crippen LogP contribution is 2.67. The van der Waals surface area contributed by atoms with Crippen molar-refractivity contribution in [2.24, 2.45) is 0 Å². The van der Waals surface area contributed by atoms with Gasteiger partial charge in [0.05, 0.1) is 6.61 Å². The maximum Gasteiger partial charge on any atom is 0.490 e. The van der Waals surface area contributed by atoms with E-state index in [1.807, 2.05) is 4.98 Å². The monoisotopic (exact) mass is 524 g/mol. The number of fused-ring (bicyclic) bond motifs is 2. The van der Waals surface area contributed by atoms with E-state index >= 15 is 0 Å². The van der Waals surface area contributed by atoms with Crippen LogP contribution in [0.15, 0.2) is 15.8 Å². The lowest BCUT2D eigenvalue weighted by molar-refractivity contribution is -0.204. The Morgan fingerprint density at radius 1 is 1.19 bits per heavy atom. The van der Waals surface area contributed by atoms with Crippen LogP contribution in [0, 0.1) is 6.92 Å². The molecule has 6 N–H and O–H groups in total. The van der Waals surface area contributed by atoms with Crippen LogP contribution in [-0.2, 0) is 36.3 Å². The van der Waals surface area contributed by atoms with Crippen molar-refractivity contribution in [3.05, 3.63) is 32.6 Å². The highest BCUT2D eigenvalue weighted by molar-refractivity contribution is 7.66. The van der Waals surface area contributed by atoms with E-state index < -0.39 is 71.5 Å². The Kier molecular flexibility index (Phi) is 6.66. The summed E-state index contributed by atoms with van der Waals surface area (Å²) in [4.78, 5) is 61.9. The summed E-state index contributed by atoms with van der Waals surface area (Å²) in [5.74, 6) is 0. The molecule has 3 heterocycles. The van der Waals surface area contributed by atoms with Gasteiger partial charge in [-0.2, -0.15) is 8.62 Å². The lowest BCUT2D eigenvalue weighted by Crippen LogP contribution is -2.51. The zero-order valence-corrected chi connectivity index (χ0v) is 18.9. The zero-order valence-electron chi connectivity index (χ0n) is 16.2. The molecular weight excluding hydrogens is 505 g/mol. The van der Waals surface area contributed by atoms with Gasteiger partial charge in [-0.05, 0) is 13.8 Å². The van der Waals surface area contributed by atoms with E-state index in [0.717, 1.165) is 17.7 Å². The van der Waals surface area contributed by atoms with Gasteiger partial charge in [-0.25, -0.2) is 18.5 Å². The Labute approximate surface area is 177 Å². The van der Waals surface area contributed by atoms with E-state index in [1.54, 1.807) is 0 Å². The van der Waals surface area contributed by atoms with E-state index in [1.165, 1.54) is 6.92 Å². The number of aliphatic hydroxyl groups excluding tert-OH is 1. The van der Waals surface area contributed by atoms with E-state index in [-0.39, 0.29) is 5.56 Å². The van der Waals surface area contributed by atoms with Gasteiger partial charge in [-0.3, -0.25) is 18.9 Å². The molecular formula is C12H19N2O15P3. The molecule has 20 heteroatoms. The molecule has 2 aliphatic heterocycles. The molecule has 1 aromatic rings. The largest absolute Gasteiger partial charge is 0.490 e. The molecule has 0 aliphatic carbocycles. The molecule has 32 heavy (non-hydrogen) atoms. The van der Waals surface area contributed by atoms with Gasteiger partial charge >= 0.3 is 29.2 Å². The number of nitrogens with one attached hydrogen (secondary N) is 1. The fourth-order valence-electron chi connectivity index (χ4n) is 3.35. The van der Waals surface area contributed by atoms with Crippen LogP contribution in [0.5, 0.6) is 0 Å². The highest BCUT2D eigenvalue weighted by atomic mass is 31.3. The number of hydrogen-bond donors (Lipinski definition) is 6. The van der Waals surface area contributed by atoms with Gasteiger partial charge in [-0.15, -0.1) is 0 Å². The Bertz CT molecular complexity index is 1160. The summed E-state index contributed by atoms with van der Waals surface area (Å²) < 4.78 is 58.4. The second kappa shape index (κ2) is 8.32. The van der Waals surface area contributed by atoms with Crippen LogP contribution >= 0.6 is 23.5 Å². The van der Waals surface area contributed by atoms with Crippen molar-refractivity contribution in [1.29, 1.82) is 0 Å². The average molecular weight is 524 g/mol. The molecule has 2 aliphatic rings. The smallest absolute Gasteiger partial charge is 0.387 e. The molecule has 3 rings (SSSR count). The maximum atomic E-state index is 12.2. The van der Waals surface area contributed by atoms with Gasteiger partial charge in [0.25, 0.3) is 5.56 Å². The fourth-order valence-corrected chi connectivity index (χ4v) is 6.58. The van der Waals surface area contributed by atoms with Gasteiger partial charge < -0.3 is 34.2 Å². The summed E-state index contributed by atoms with van der Waals surface area (Å²) >= 11 is 0. The Morgan fingerprint density at radius 2 is 1.81 bits per heavy atom. The number of aromatic amines is 1. The standard InChI is InChI=1S/C12H19N2O15P3/c1-5-3-14(11(17)13-9(5)16)10-7-8(15)12(26-10,4-25-7)6(2)27-31(21,22)29-32(23,24)28-30(18,19)20/h3,6-8,10,15H,4H2,1-2H3,(H,21,22)(H,23,24)(H,13,16,17)(H2,18,19,20)/t6-,7+,8-,10+,12+/m0/s1. The van der Waals surface area contributed by atoms with Crippen LogP contribution in [0.1, 0.15) is 18.7 Å². The van der Waals surface area contributed by atoms with E-state index in [9.17, 15) is 38.2 Å². The summed E-state index contributed by atoms with van der Waals surface area (Å²) in [6.45, 7) is 2.12. The summed E-state index contributed by atoms with van der Waals surface area (Å²) in [7, 11) is -16.9. The maximum absolute atomic E-state index is 12.2. The zero-order chi connectivity index (χ0) is 24.3. The third-order valence-electron chi connectivity index (χ3n) is 4.75. The second-order valence-corrected chi connectivity index (χ2v) is 11.4. The third kappa shape index (κ3) is 5.05. The molecule has 2 saturated heterocycles. The molecule has 17 nitrogen and oxygen atoms in total. The van der Waals surface area contributed by atoms with Crippen LogP contribution in [0.3, 0.4) is 0 Å². The third-order valence-corrected chi connectivity index (χ3v) is 8.66. The van der Waals surface area contributed by atoms with Crippen molar-refractivity contribution < 1.29 is 61.0 Å². The fraction of sp³-hybridized carbons (Fsp3) is 0.667. The molecule has 0 spiro atoms. The van der Waals surface area contributed by atoms with Gasteiger partial charge in [0.1, 0.15) is 23.9 Å². The van der Waals surface area contributed by atoms with Crippen molar-refractivity contribution in [2.45, 2.75) is 44.0 Å². The quantitative estimate of drug-likeness (QED) is 0.214. The second-order valence-electron chi connectivity index (χ2n) is 7.00. The number of phosphoric acid groups is 3. The minimum Gasteiger partial charge on any atom is -0.387 e. The van der Waals surface area contributed by atoms with Gasteiger partial charge in [0.2, 0.25) is 0 Å². The predicted octanol–water partition coefficient (Wildman–Crippen LogP) is -1.40. The highest BCUT2D eigenvalue weighted by Gasteiger charge is 2.65. The first kappa shape index (κ1) is 25.6. The van der Waals surface area contributed by atoms with E-state index in [2.05, 4.69) is 8.62 Å². The normalized spacial score (nSPS) is 32.4. The molecule has 7 atom stereocenters. The number of H-pyrrole nitrogens is 1. The minimum atomic E-state index is -5.75. The number of rotatable bonds is 8. The Balaban J connectivity index is 1.82. The summed E-state index contributed by atoms with van der Waals surface area (Å²) in [6, 6.07) is 0. The Morgan fingerprint density at radius 3 is 2.41 bits per heavy atom. The van der Waals surface area contributed by atoms with Gasteiger partial charge in [-0.1, -0.05) is 0 Å². The number of phosphoric ester groups is 1. The van der Waals surface area contributed by atoms with Gasteiger partial charge in [0, 0.05) is 11.8 Å².